The molecule has 0 fully saturated rings. The Hall–Kier alpha value is -2.24. The zero-order chi connectivity index (χ0) is 21.6. The van der Waals surface area contributed by atoms with Crippen molar-refractivity contribution in [2.45, 2.75) is 45.8 Å². The molecule has 156 valence electrons. The molecule has 0 saturated carbocycles. The maximum Gasteiger partial charge on any atom is 0.261 e. The van der Waals surface area contributed by atoms with E-state index in [-0.39, 0.29) is 25.0 Å². The summed E-state index contributed by atoms with van der Waals surface area (Å²) in [6, 6.07) is 13.4. The predicted octanol–water partition coefficient (Wildman–Crippen LogP) is 4.70. The lowest BCUT2D eigenvalue weighted by molar-refractivity contribution is -0.142. The fourth-order valence-corrected chi connectivity index (χ4v) is 2.94. The molecule has 2 rings (SSSR count). The molecular weight excluding hydrogens is 411 g/mol. The van der Waals surface area contributed by atoms with Crippen LogP contribution in [0.4, 0.5) is 0 Å². The average Bonchev–Trinajstić information content (AvgIpc) is 2.64. The maximum atomic E-state index is 13.0. The number of amides is 2. The van der Waals surface area contributed by atoms with E-state index in [0.29, 0.717) is 15.8 Å². The molecule has 0 radical (unpaired) electrons. The van der Waals surface area contributed by atoms with Gasteiger partial charge in [0.1, 0.15) is 11.8 Å². The Bertz CT molecular complexity index is 848. The van der Waals surface area contributed by atoms with Gasteiger partial charge in [0, 0.05) is 17.1 Å². The largest absolute Gasteiger partial charge is 0.482 e. The summed E-state index contributed by atoms with van der Waals surface area (Å²) in [7, 11) is 0. The molecule has 0 saturated heterocycles. The summed E-state index contributed by atoms with van der Waals surface area (Å²) in [5, 5.41) is 3.94. The summed E-state index contributed by atoms with van der Waals surface area (Å²) in [5.41, 5.74) is 0.449. The van der Waals surface area contributed by atoms with E-state index in [9.17, 15) is 9.59 Å². The third-order valence-electron chi connectivity index (χ3n) is 4.12. The summed E-state index contributed by atoms with van der Waals surface area (Å²) in [4.78, 5) is 27.1. The van der Waals surface area contributed by atoms with Crippen molar-refractivity contribution in [3.05, 3.63) is 64.1 Å². The van der Waals surface area contributed by atoms with Gasteiger partial charge >= 0.3 is 0 Å². The van der Waals surface area contributed by atoms with Crippen LogP contribution in [0.2, 0.25) is 10.0 Å². The van der Waals surface area contributed by atoms with Gasteiger partial charge in [0.15, 0.2) is 6.61 Å². The van der Waals surface area contributed by atoms with Gasteiger partial charge in [-0.25, -0.2) is 0 Å². The third-order valence-corrected chi connectivity index (χ3v) is 4.68. The third kappa shape index (κ3) is 7.26. The second-order valence-electron chi connectivity index (χ2n) is 7.78. The molecule has 0 aliphatic carbocycles. The van der Waals surface area contributed by atoms with Crippen LogP contribution in [0.5, 0.6) is 5.75 Å². The number of halogens is 2. The predicted molar refractivity (Wildman–Crippen MR) is 116 cm³/mol. The number of hydrogen-bond acceptors (Lipinski definition) is 3. The molecule has 2 amide bonds. The number of ether oxygens (including phenoxy) is 1. The van der Waals surface area contributed by atoms with Crippen LogP contribution in [-0.4, -0.2) is 34.9 Å². The van der Waals surface area contributed by atoms with Crippen LogP contribution in [0, 0.1) is 0 Å². The highest BCUT2D eigenvalue weighted by molar-refractivity contribution is 6.32. The lowest BCUT2D eigenvalue weighted by Gasteiger charge is -2.31. The van der Waals surface area contributed by atoms with E-state index in [0.717, 1.165) is 5.56 Å². The van der Waals surface area contributed by atoms with Gasteiger partial charge < -0.3 is 15.0 Å². The van der Waals surface area contributed by atoms with Crippen LogP contribution in [-0.2, 0) is 16.1 Å². The molecule has 0 aliphatic rings. The first-order valence-electron chi connectivity index (χ1n) is 9.30. The van der Waals surface area contributed by atoms with E-state index < -0.39 is 11.6 Å². The smallest absolute Gasteiger partial charge is 0.261 e. The summed E-state index contributed by atoms with van der Waals surface area (Å²) < 4.78 is 5.59. The normalized spacial score (nSPS) is 12.2. The number of nitrogens with zero attached hydrogens (tertiary/aromatic N) is 1. The molecule has 2 aromatic carbocycles. The van der Waals surface area contributed by atoms with Gasteiger partial charge in [-0.15, -0.1) is 0 Å². The molecule has 5 nitrogen and oxygen atoms in total. The summed E-state index contributed by atoms with van der Waals surface area (Å²) >= 11 is 12.0. The molecule has 0 heterocycles. The van der Waals surface area contributed by atoms with E-state index in [2.05, 4.69) is 5.32 Å². The number of hydrogen-bond donors (Lipinski definition) is 1. The number of para-hydroxylation sites is 1. The minimum Gasteiger partial charge on any atom is -0.482 e. The molecule has 0 aromatic heterocycles. The van der Waals surface area contributed by atoms with Gasteiger partial charge in [-0.05, 0) is 57.5 Å². The summed E-state index contributed by atoms with van der Waals surface area (Å²) in [6.07, 6.45) is 0. The van der Waals surface area contributed by atoms with Crippen molar-refractivity contribution in [3.8, 4) is 5.75 Å². The minimum absolute atomic E-state index is 0.232. The van der Waals surface area contributed by atoms with Gasteiger partial charge in [-0.3, -0.25) is 9.59 Å². The number of carbonyl (C=O) groups is 2. The Balaban J connectivity index is 2.18. The van der Waals surface area contributed by atoms with Crippen molar-refractivity contribution in [3.63, 3.8) is 0 Å². The highest BCUT2D eigenvalue weighted by atomic mass is 35.5. The summed E-state index contributed by atoms with van der Waals surface area (Å²) in [5.74, 6) is -0.144. The van der Waals surface area contributed by atoms with Crippen LogP contribution in [0.3, 0.4) is 0 Å². The SMILES string of the molecule is C[C@H](C(=O)NC(C)(C)C)N(Cc1ccc(Cl)cc1)C(=O)COc1ccccc1Cl. The van der Waals surface area contributed by atoms with Gasteiger partial charge in [-0.1, -0.05) is 47.5 Å². The topological polar surface area (TPSA) is 58.6 Å². The molecule has 2 aromatic rings. The Morgan fingerprint density at radius 3 is 2.28 bits per heavy atom. The van der Waals surface area contributed by atoms with Gasteiger partial charge in [0.2, 0.25) is 5.91 Å². The van der Waals surface area contributed by atoms with Gasteiger partial charge in [0.25, 0.3) is 5.91 Å². The first-order chi connectivity index (χ1) is 13.6. The maximum absolute atomic E-state index is 13.0. The quantitative estimate of drug-likeness (QED) is 0.683. The highest BCUT2D eigenvalue weighted by Gasteiger charge is 2.28. The Kier molecular flexibility index (Phi) is 7.94. The van der Waals surface area contributed by atoms with Crippen molar-refractivity contribution in [2.24, 2.45) is 0 Å². The van der Waals surface area contributed by atoms with E-state index >= 15 is 0 Å². The van der Waals surface area contributed by atoms with Crippen molar-refractivity contribution in [1.82, 2.24) is 10.2 Å². The molecule has 29 heavy (non-hydrogen) atoms. The first kappa shape index (κ1) is 23.0. The minimum atomic E-state index is -0.688. The van der Waals surface area contributed by atoms with Crippen molar-refractivity contribution < 1.29 is 14.3 Å². The second kappa shape index (κ2) is 9.99. The Labute approximate surface area is 181 Å². The van der Waals surface area contributed by atoms with Gasteiger partial charge in [0.05, 0.1) is 5.02 Å². The van der Waals surface area contributed by atoms with Crippen LogP contribution < -0.4 is 10.1 Å². The lowest BCUT2D eigenvalue weighted by Crippen LogP contribution is -2.53. The molecule has 0 bridgehead atoms. The van der Waals surface area contributed by atoms with E-state index in [4.69, 9.17) is 27.9 Å². The van der Waals surface area contributed by atoms with Crippen molar-refractivity contribution >= 4 is 35.0 Å². The zero-order valence-electron chi connectivity index (χ0n) is 17.0. The molecule has 7 heteroatoms. The number of nitrogens with one attached hydrogen (secondary N) is 1. The van der Waals surface area contributed by atoms with E-state index in [1.807, 2.05) is 32.9 Å². The number of benzene rings is 2. The van der Waals surface area contributed by atoms with Crippen LogP contribution in [0.15, 0.2) is 48.5 Å². The molecule has 0 unspecified atom stereocenters. The first-order valence-corrected chi connectivity index (χ1v) is 10.1. The van der Waals surface area contributed by atoms with Crippen LogP contribution >= 0.6 is 23.2 Å². The van der Waals surface area contributed by atoms with E-state index in [1.54, 1.807) is 43.3 Å². The molecule has 0 aliphatic heterocycles. The lowest BCUT2D eigenvalue weighted by atomic mass is 10.1. The molecular formula is C22H26Cl2N2O3. The Morgan fingerprint density at radius 2 is 1.69 bits per heavy atom. The number of rotatable bonds is 7. The zero-order valence-corrected chi connectivity index (χ0v) is 18.6. The second-order valence-corrected chi connectivity index (χ2v) is 8.63. The molecule has 1 atom stereocenters. The monoisotopic (exact) mass is 436 g/mol. The Morgan fingerprint density at radius 1 is 1.07 bits per heavy atom. The van der Waals surface area contributed by atoms with E-state index in [1.165, 1.54) is 4.90 Å². The highest BCUT2D eigenvalue weighted by Crippen LogP contribution is 2.23. The fourth-order valence-electron chi connectivity index (χ4n) is 2.63. The molecule has 0 spiro atoms. The van der Waals surface area contributed by atoms with Crippen molar-refractivity contribution in [2.75, 3.05) is 6.61 Å². The summed E-state index contributed by atoms with van der Waals surface area (Å²) in [6.45, 7) is 7.39. The van der Waals surface area contributed by atoms with Crippen LogP contribution in [0.1, 0.15) is 33.3 Å². The standard InChI is InChI=1S/C22H26Cl2N2O3/c1-15(21(28)25-22(2,3)4)26(13-16-9-11-17(23)12-10-16)20(27)14-29-19-8-6-5-7-18(19)24/h5-12,15H,13-14H2,1-4H3,(H,25,28)/t15-/m1/s1. The fraction of sp³-hybridized carbons (Fsp3) is 0.364. The number of carbonyl (C=O) groups excluding carboxylic acids is 2. The average molecular weight is 437 g/mol. The van der Waals surface area contributed by atoms with Crippen molar-refractivity contribution in [1.29, 1.82) is 0 Å². The van der Waals surface area contributed by atoms with Gasteiger partial charge in [-0.2, -0.15) is 0 Å². The van der Waals surface area contributed by atoms with Crippen LogP contribution in [0.25, 0.3) is 0 Å². The molecule has 1 N–H and O–H groups in total.